The number of thioether (sulfide) groups is 1. The first kappa shape index (κ1) is 31.9. The zero-order valence-electron chi connectivity index (χ0n) is 26.4. The van der Waals surface area contributed by atoms with E-state index in [1.807, 2.05) is 19.9 Å². The minimum atomic E-state index is -0.993. The van der Waals surface area contributed by atoms with Gasteiger partial charge >= 0.3 is 0 Å². The number of hydrogen-bond acceptors (Lipinski definition) is 6. The molecule has 0 amide bonds. The summed E-state index contributed by atoms with van der Waals surface area (Å²) in [6, 6.07) is 10.6. The molecule has 0 spiro atoms. The summed E-state index contributed by atoms with van der Waals surface area (Å²) in [5, 5.41) is 34.0. The van der Waals surface area contributed by atoms with E-state index in [1.54, 1.807) is 0 Å². The minimum absolute atomic E-state index is 0.0268. The third-order valence-electron chi connectivity index (χ3n) is 10.8. The van der Waals surface area contributed by atoms with Crippen LogP contribution in [0.2, 0.25) is 0 Å². The topological polar surface area (TPSA) is 94.2 Å². The van der Waals surface area contributed by atoms with Crippen molar-refractivity contribution in [3.05, 3.63) is 69.4 Å². The second-order valence-electron chi connectivity index (χ2n) is 13.8. The van der Waals surface area contributed by atoms with Gasteiger partial charge in [0.25, 0.3) is 0 Å². The van der Waals surface area contributed by atoms with E-state index in [1.165, 1.54) is 23.8 Å². The lowest BCUT2D eigenvalue weighted by Crippen LogP contribution is -2.46. The molecule has 43 heavy (non-hydrogen) atoms. The Labute approximate surface area is 262 Å². The predicted molar refractivity (Wildman–Crippen MR) is 173 cm³/mol. The molecule has 4 aliphatic carbocycles. The average Bonchev–Trinajstić information content (AvgIpc) is 3.24. The van der Waals surface area contributed by atoms with Crippen LogP contribution in [0.25, 0.3) is 0 Å². The second-order valence-corrected chi connectivity index (χ2v) is 14.8. The standard InChI is InChI=1S/C37H48N2O3S/c1-24-9-8-17-36(4)33(16-18-37(36,42)23-43-35-32(22-38)25(2)19-26(3)39-35)30-15-13-27(20-29(40)14-12-24)21-31(30)34(41)28-10-6-5-7-11-28/h9,13,15,19,21,28-29,33,40,42H,5-8,10-12,14,16-18,20,23H2,1-4H3. The Morgan fingerprint density at radius 3 is 2.60 bits per heavy atom. The number of aliphatic hydroxyl groups is 2. The Morgan fingerprint density at radius 2 is 1.86 bits per heavy atom. The molecule has 2 N–H and O–H groups in total. The summed E-state index contributed by atoms with van der Waals surface area (Å²) in [7, 11) is 0. The van der Waals surface area contributed by atoms with Crippen molar-refractivity contribution in [3.8, 4) is 6.07 Å². The number of aliphatic hydroxyl groups excluding tert-OH is 1. The highest BCUT2D eigenvalue weighted by Crippen LogP contribution is 2.59. The van der Waals surface area contributed by atoms with Gasteiger partial charge in [0.05, 0.1) is 17.3 Å². The van der Waals surface area contributed by atoms with Gasteiger partial charge in [-0.25, -0.2) is 4.98 Å². The van der Waals surface area contributed by atoms with Gasteiger partial charge in [0.1, 0.15) is 11.1 Å². The van der Waals surface area contributed by atoms with E-state index in [4.69, 9.17) is 4.98 Å². The molecular formula is C37H48N2O3S. The van der Waals surface area contributed by atoms with Gasteiger partial charge in [-0.15, -0.1) is 11.8 Å². The molecule has 1 aromatic heterocycles. The van der Waals surface area contributed by atoms with E-state index in [0.29, 0.717) is 35.6 Å². The molecule has 2 saturated carbocycles. The number of pyridine rings is 1. The van der Waals surface area contributed by atoms with Crippen molar-refractivity contribution in [3.63, 3.8) is 0 Å². The fraction of sp³-hybridized carbons (Fsp3) is 0.595. The molecule has 6 heteroatoms. The van der Waals surface area contributed by atoms with Crippen LogP contribution in [0, 0.1) is 36.5 Å². The van der Waals surface area contributed by atoms with Gasteiger partial charge in [-0.1, -0.05) is 50.0 Å². The van der Waals surface area contributed by atoms with Gasteiger partial charge in [0.2, 0.25) is 0 Å². The maximum atomic E-state index is 14.2. The van der Waals surface area contributed by atoms with Crippen LogP contribution in [-0.2, 0) is 6.42 Å². The number of fused-ring (bicyclic) bond motifs is 8. The van der Waals surface area contributed by atoms with E-state index in [2.05, 4.69) is 44.2 Å². The fourth-order valence-corrected chi connectivity index (χ4v) is 9.42. The lowest BCUT2D eigenvalue weighted by atomic mass is 9.65. The summed E-state index contributed by atoms with van der Waals surface area (Å²) in [5.74, 6) is 0.779. The summed E-state index contributed by atoms with van der Waals surface area (Å²) < 4.78 is 0. The molecule has 2 fully saturated rings. The number of allylic oxidation sites excluding steroid dienone is 2. The van der Waals surface area contributed by atoms with E-state index in [9.17, 15) is 20.3 Å². The molecule has 4 aliphatic rings. The van der Waals surface area contributed by atoms with Gasteiger partial charge in [-0.05, 0) is 113 Å². The molecular weight excluding hydrogens is 552 g/mol. The van der Waals surface area contributed by atoms with Gasteiger partial charge in [0, 0.05) is 28.3 Å². The molecule has 4 atom stereocenters. The highest BCUT2D eigenvalue weighted by atomic mass is 32.2. The van der Waals surface area contributed by atoms with Crippen molar-refractivity contribution in [2.45, 2.75) is 127 Å². The number of nitrogens with zero attached hydrogens (tertiary/aromatic N) is 2. The maximum Gasteiger partial charge on any atom is 0.166 e. The molecule has 4 unspecified atom stereocenters. The smallest absolute Gasteiger partial charge is 0.166 e. The van der Waals surface area contributed by atoms with Crippen LogP contribution in [0.5, 0.6) is 0 Å². The third-order valence-corrected chi connectivity index (χ3v) is 12.0. The number of aromatic nitrogens is 1. The highest BCUT2D eigenvalue weighted by Gasteiger charge is 2.56. The van der Waals surface area contributed by atoms with E-state index in [0.717, 1.165) is 79.3 Å². The number of ketones is 1. The summed E-state index contributed by atoms with van der Waals surface area (Å²) >= 11 is 1.49. The molecule has 2 bridgehead atoms. The van der Waals surface area contributed by atoms with Crippen molar-refractivity contribution in [2.24, 2.45) is 11.3 Å². The highest BCUT2D eigenvalue weighted by molar-refractivity contribution is 7.99. The molecule has 230 valence electrons. The van der Waals surface area contributed by atoms with Crippen LogP contribution >= 0.6 is 11.8 Å². The molecule has 1 aromatic carbocycles. The molecule has 6 rings (SSSR count). The van der Waals surface area contributed by atoms with Gasteiger partial charge in [-0.3, -0.25) is 4.79 Å². The van der Waals surface area contributed by atoms with Crippen LogP contribution < -0.4 is 0 Å². The average molecular weight is 601 g/mol. The largest absolute Gasteiger partial charge is 0.393 e. The number of carbonyl (C=O) groups is 1. The summed E-state index contributed by atoms with van der Waals surface area (Å²) in [6.45, 7) is 8.25. The lowest BCUT2D eigenvalue weighted by molar-refractivity contribution is -0.0422. The third kappa shape index (κ3) is 6.65. The van der Waals surface area contributed by atoms with Crippen LogP contribution in [-0.4, -0.2) is 38.4 Å². The van der Waals surface area contributed by atoms with Crippen molar-refractivity contribution in [1.82, 2.24) is 4.98 Å². The number of hydrogen-bond donors (Lipinski definition) is 2. The number of benzene rings is 1. The number of Topliss-reactive ketones (excluding diaryl/α,β-unsaturated/α-hetero) is 1. The SMILES string of the molecule is CC1=CCCC2(C)C(CCC2(O)CSc2nc(C)cc(C)c2C#N)c2ccc(cc2C(=O)C2CCCCC2)CC(O)CC1. The Kier molecular flexibility index (Phi) is 9.86. The fourth-order valence-electron chi connectivity index (χ4n) is 8.01. The van der Waals surface area contributed by atoms with Gasteiger partial charge < -0.3 is 10.2 Å². The summed E-state index contributed by atoms with van der Waals surface area (Å²) in [6.07, 6.45) is 12.3. The normalized spacial score (nSPS) is 28.5. The van der Waals surface area contributed by atoms with E-state index >= 15 is 0 Å². The Bertz CT molecular complexity index is 1420. The van der Waals surface area contributed by atoms with Crippen LogP contribution in [0.15, 0.2) is 40.9 Å². The zero-order valence-corrected chi connectivity index (χ0v) is 27.2. The van der Waals surface area contributed by atoms with Crippen LogP contribution in [0.1, 0.15) is 129 Å². The van der Waals surface area contributed by atoms with Crippen molar-refractivity contribution < 1.29 is 15.0 Å². The van der Waals surface area contributed by atoms with Crippen molar-refractivity contribution in [1.29, 1.82) is 5.26 Å². The minimum Gasteiger partial charge on any atom is -0.393 e. The monoisotopic (exact) mass is 600 g/mol. The number of carbonyl (C=O) groups excluding carboxylic acids is 1. The van der Waals surface area contributed by atoms with Crippen molar-refractivity contribution >= 4 is 17.5 Å². The van der Waals surface area contributed by atoms with Gasteiger partial charge in [-0.2, -0.15) is 5.26 Å². The molecule has 2 aromatic rings. The van der Waals surface area contributed by atoms with Crippen LogP contribution in [0.4, 0.5) is 0 Å². The first-order valence-electron chi connectivity index (χ1n) is 16.3. The Morgan fingerprint density at radius 1 is 1.09 bits per heavy atom. The molecule has 0 radical (unpaired) electrons. The quantitative estimate of drug-likeness (QED) is 0.204. The Hall–Kier alpha value is -2.46. The first-order valence-corrected chi connectivity index (χ1v) is 17.3. The lowest BCUT2D eigenvalue weighted by Gasteiger charge is -2.44. The van der Waals surface area contributed by atoms with E-state index in [-0.39, 0.29) is 17.6 Å². The van der Waals surface area contributed by atoms with Crippen LogP contribution in [0.3, 0.4) is 0 Å². The molecule has 0 aliphatic heterocycles. The Balaban J connectivity index is 1.56. The molecule has 5 nitrogen and oxygen atoms in total. The summed E-state index contributed by atoms with van der Waals surface area (Å²) in [5.41, 5.74) is 5.07. The molecule has 1 heterocycles. The molecule has 0 saturated heterocycles. The van der Waals surface area contributed by atoms with Gasteiger partial charge in [0.15, 0.2) is 5.78 Å². The van der Waals surface area contributed by atoms with Crippen molar-refractivity contribution in [2.75, 3.05) is 5.75 Å². The first-order chi connectivity index (χ1) is 20.5. The maximum absolute atomic E-state index is 14.2. The predicted octanol–water partition coefficient (Wildman–Crippen LogP) is 8.16. The summed E-state index contributed by atoms with van der Waals surface area (Å²) in [4.78, 5) is 18.9. The number of rotatable bonds is 5. The van der Waals surface area contributed by atoms with E-state index < -0.39 is 17.1 Å². The zero-order chi connectivity index (χ0) is 30.8. The number of aryl methyl sites for hydroxylation is 2. The number of nitriles is 1. The second kappa shape index (κ2) is 13.3.